The first-order valence-corrected chi connectivity index (χ1v) is 5.20. The van der Waals surface area contributed by atoms with Crippen LogP contribution in [0.1, 0.15) is 6.92 Å². The minimum absolute atomic E-state index is 0.242. The van der Waals surface area contributed by atoms with Gasteiger partial charge in [-0.05, 0) is 19.1 Å². The first-order valence-electron chi connectivity index (χ1n) is 4.44. The first kappa shape index (κ1) is 11.6. The molecule has 0 heterocycles. The molecule has 0 saturated heterocycles. The summed E-state index contributed by atoms with van der Waals surface area (Å²) in [5.41, 5.74) is 6.49. The molecule has 2 N–H and O–H groups in total. The van der Waals surface area contributed by atoms with Gasteiger partial charge in [0.05, 0.1) is 15.7 Å². The van der Waals surface area contributed by atoms with E-state index in [1.807, 2.05) is 31.0 Å². The number of likely N-dealkylation sites (N-methyl/N-ethyl adjacent to an activating group) is 1. The van der Waals surface area contributed by atoms with Crippen LogP contribution in [0.5, 0.6) is 0 Å². The second-order valence-electron chi connectivity index (χ2n) is 3.27. The van der Waals surface area contributed by atoms with Crippen LogP contribution in [0.2, 0.25) is 10.0 Å². The Morgan fingerprint density at radius 3 is 2.64 bits per heavy atom. The Hall–Kier alpha value is -0.440. The van der Waals surface area contributed by atoms with Crippen molar-refractivity contribution in [3.8, 4) is 0 Å². The van der Waals surface area contributed by atoms with Crippen LogP contribution in [-0.2, 0) is 0 Å². The lowest BCUT2D eigenvalue weighted by Crippen LogP contribution is -2.35. The Kier molecular flexibility index (Phi) is 4.05. The SMILES string of the molecule is CC(CN)N(C)c1cccc(Cl)c1Cl. The highest BCUT2D eigenvalue weighted by Crippen LogP contribution is 2.32. The summed E-state index contributed by atoms with van der Waals surface area (Å²) in [7, 11) is 1.95. The predicted molar refractivity (Wildman–Crippen MR) is 63.4 cm³/mol. The fraction of sp³-hybridized carbons (Fsp3) is 0.400. The molecule has 0 aromatic heterocycles. The fourth-order valence-electron chi connectivity index (χ4n) is 1.16. The van der Waals surface area contributed by atoms with E-state index < -0.39 is 0 Å². The highest BCUT2D eigenvalue weighted by molar-refractivity contribution is 6.43. The Morgan fingerprint density at radius 1 is 1.43 bits per heavy atom. The van der Waals surface area contributed by atoms with Crippen LogP contribution < -0.4 is 10.6 Å². The van der Waals surface area contributed by atoms with Gasteiger partial charge in [0.2, 0.25) is 0 Å². The molecule has 0 aliphatic carbocycles. The van der Waals surface area contributed by atoms with Crippen molar-refractivity contribution >= 4 is 28.9 Å². The zero-order chi connectivity index (χ0) is 10.7. The lowest BCUT2D eigenvalue weighted by Gasteiger charge is -2.26. The Bertz CT molecular complexity index is 315. The van der Waals surface area contributed by atoms with Gasteiger partial charge in [-0.25, -0.2) is 0 Å². The van der Waals surface area contributed by atoms with Crippen LogP contribution in [0.3, 0.4) is 0 Å². The van der Waals surface area contributed by atoms with Crippen LogP contribution in [0, 0.1) is 0 Å². The van der Waals surface area contributed by atoms with Crippen molar-refractivity contribution in [3.63, 3.8) is 0 Å². The van der Waals surface area contributed by atoms with Gasteiger partial charge in [-0.15, -0.1) is 0 Å². The standard InChI is InChI=1S/C10H14Cl2N2/c1-7(6-13)14(2)9-5-3-4-8(11)10(9)12/h3-5,7H,6,13H2,1-2H3. The molecule has 14 heavy (non-hydrogen) atoms. The van der Waals surface area contributed by atoms with Gasteiger partial charge in [-0.1, -0.05) is 29.3 Å². The number of hydrogen-bond acceptors (Lipinski definition) is 2. The van der Waals surface area contributed by atoms with Crippen LogP contribution in [0.15, 0.2) is 18.2 Å². The quantitative estimate of drug-likeness (QED) is 0.869. The van der Waals surface area contributed by atoms with Gasteiger partial charge < -0.3 is 10.6 Å². The normalized spacial score (nSPS) is 12.6. The van der Waals surface area contributed by atoms with Crippen LogP contribution in [-0.4, -0.2) is 19.6 Å². The summed E-state index contributed by atoms with van der Waals surface area (Å²) in [5, 5.41) is 1.15. The summed E-state index contributed by atoms with van der Waals surface area (Å²) >= 11 is 12.0. The molecular formula is C10H14Cl2N2. The molecule has 0 amide bonds. The molecule has 1 atom stereocenters. The zero-order valence-corrected chi connectivity index (χ0v) is 9.81. The number of nitrogens with two attached hydrogens (primary N) is 1. The second kappa shape index (κ2) is 4.87. The lowest BCUT2D eigenvalue weighted by molar-refractivity contribution is 0.695. The number of halogens is 2. The van der Waals surface area contributed by atoms with Crippen LogP contribution in [0.25, 0.3) is 0 Å². The minimum Gasteiger partial charge on any atom is -0.369 e. The van der Waals surface area contributed by atoms with E-state index in [0.29, 0.717) is 16.6 Å². The molecule has 78 valence electrons. The van der Waals surface area contributed by atoms with E-state index in [1.165, 1.54) is 0 Å². The van der Waals surface area contributed by atoms with Crippen molar-refractivity contribution in [2.45, 2.75) is 13.0 Å². The van der Waals surface area contributed by atoms with Crippen molar-refractivity contribution in [3.05, 3.63) is 28.2 Å². The molecule has 2 nitrogen and oxygen atoms in total. The van der Waals surface area contributed by atoms with E-state index in [9.17, 15) is 0 Å². The minimum atomic E-state index is 0.242. The van der Waals surface area contributed by atoms with Gasteiger partial charge in [0.25, 0.3) is 0 Å². The van der Waals surface area contributed by atoms with Crippen molar-refractivity contribution in [1.29, 1.82) is 0 Å². The molecule has 1 aromatic rings. The smallest absolute Gasteiger partial charge is 0.0825 e. The Labute approximate surface area is 94.6 Å². The molecule has 1 aromatic carbocycles. The number of anilines is 1. The summed E-state index contributed by atoms with van der Waals surface area (Å²) in [6.45, 7) is 2.62. The second-order valence-corrected chi connectivity index (χ2v) is 4.05. The number of rotatable bonds is 3. The topological polar surface area (TPSA) is 29.3 Å². The number of hydrogen-bond donors (Lipinski definition) is 1. The van der Waals surface area contributed by atoms with Gasteiger partial charge in [0.1, 0.15) is 0 Å². The summed E-state index contributed by atoms with van der Waals surface area (Å²) in [5.74, 6) is 0. The van der Waals surface area contributed by atoms with Crippen molar-refractivity contribution in [1.82, 2.24) is 0 Å². The molecule has 0 radical (unpaired) electrons. The largest absolute Gasteiger partial charge is 0.369 e. The lowest BCUT2D eigenvalue weighted by atomic mass is 10.2. The molecule has 0 bridgehead atoms. The maximum atomic E-state index is 6.07. The predicted octanol–water partition coefficient (Wildman–Crippen LogP) is 2.78. The Balaban J connectivity index is 3.01. The molecule has 1 unspecified atom stereocenters. The van der Waals surface area contributed by atoms with Crippen molar-refractivity contribution < 1.29 is 0 Å². The monoisotopic (exact) mass is 232 g/mol. The van der Waals surface area contributed by atoms with Gasteiger partial charge in [-0.2, -0.15) is 0 Å². The average Bonchev–Trinajstić information content (AvgIpc) is 2.20. The van der Waals surface area contributed by atoms with E-state index in [-0.39, 0.29) is 6.04 Å². The van der Waals surface area contributed by atoms with Crippen LogP contribution in [0.4, 0.5) is 5.69 Å². The molecule has 0 aliphatic rings. The molecule has 0 spiro atoms. The highest BCUT2D eigenvalue weighted by Gasteiger charge is 2.12. The highest BCUT2D eigenvalue weighted by atomic mass is 35.5. The van der Waals surface area contributed by atoms with Crippen molar-refractivity contribution in [2.24, 2.45) is 5.73 Å². The Morgan fingerprint density at radius 2 is 2.07 bits per heavy atom. The fourth-order valence-corrected chi connectivity index (χ4v) is 1.59. The maximum Gasteiger partial charge on any atom is 0.0825 e. The summed E-state index contributed by atoms with van der Waals surface area (Å²) < 4.78 is 0. The number of nitrogens with zero attached hydrogens (tertiary/aromatic N) is 1. The van der Waals surface area contributed by atoms with E-state index in [2.05, 4.69) is 0 Å². The summed E-state index contributed by atoms with van der Waals surface area (Å²) in [6.07, 6.45) is 0. The van der Waals surface area contributed by atoms with Gasteiger partial charge in [0.15, 0.2) is 0 Å². The van der Waals surface area contributed by atoms with E-state index in [1.54, 1.807) is 6.07 Å². The average molecular weight is 233 g/mol. The molecule has 4 heteroatoms. The number of benzene rings is 1. The maximum absolute atomic E-state index is 6.07. The molecule has 0 saturated carbocycles. The molecule has 0 aliphatic heterocycles. The summed E-state index contributed by atoms with van der Waals surface area (Å²) in [6, 6.07) is 5.82. The molecule has 1 rings (SSSR count). The first-order chi connectivity index (χ1) is 6.57. The molecular weight excluding hydrogens is 219 g/mol. The third kappa shape index (κ3) is 2.32. The van der Waals surface area contributed by atoms with E-state index in [4.69, 9.17) is 28.9 Å². The third-order valence-corrected chi connectivity index (χ3v) is 3.12. The van der Waals surface area contributed by atoms with Crippen LogP contribution >= 0.6 is 23.2 Å². The van der Waals surface area contributed by atoms with E-state index >= 15 is 0 Å². The van der Waals surface area contributed by atoms with Gasteiger partial charge in [0, 0.05) is 19.6 Å². The summed E-state index contributed by atoms with van der Waals surface area (Å²) in [4.78, 5) is 2.02. The van der Waals surface area contributed by atoms with Crippen molar-refractivity contribution in [2.75, 3.05) is 18.5 Å². The van der Waals surface area contributed by atoms with Gasteiger partial charge >= 0.3 is 0 Å². The molecule has 0 fully saturated rings. The van der Waals surface area contributed by atoms with E-state index in [0.717, 1.165) is 5.69 Å². The zero-order valence-electron chi connectivity index (χ0n) is 8.30. The third-order valence-electron chi connectivity index (χ3n) is 2.31. The van der Waals surface area contributed by atoms with Gasteiger partial charge in [-0.3, -0.25) is 0 Å².